The number of aryl methyl sites for hydroxylation is 1. The molecule has 0 saturated heterocycles. The normalized spacial score (nSPS) is 10.5. The molecule has 0 bridgehead atoms. The van der Waals surface area contributed by atoms with Crippen molar-refractivity contribution in [2.75, 3.05) is 11.9 Å². The van der Waals surface area contributed by atoms with Crippen molar-refractivity contribution in [3.8, 4) is 0 Å². The Bertz CT molecular complexity index is 676. The second-order valence-electron chi connectivity index (χ2n) is 4.95. The van der Waals surface area contributed by atoms with Crippen molar-refractivity contribution < 1.29 is 14.3 Å². The van der Waals surface area contributed by atoms with Gasteiger partial charge in [0.2, 0.25) is 0 Å². The Morgan fingerprint density at radius 3 is 2.39 bits per heavy atom. The molecule has 118 valence electrons. The van der Waals surface area contributed by atoms with Crippen molar-refractivity contribution in [3.05, 3.63) is 71.8 Å². The average Bonchev–Trinajstić information content (AvgIpc) is 2.60. The van der Waals surface area contributed by atoms with E-state index >= 15 is 0 Å². The summed E-state index contributed by atoms with van der Waals surface area (Å²) in [5.41, 5.74) is 2.77. The van der Waals surface area contributed by atoms with Gasteiger partial charge in [-0.2, -0.15) is 0 Å². The summed E-state index contributed by atoms with van der Waals surface area (Å²) in [6.45, 7) is 1.75. The molecule has 0 radical (unpaired) electrons. The van der Waals surface area contributed by atoms with Gasteiger partial charge in [-0.25, -0.2) is 4.79 Å². The molecule has 4 heteroatoms. The van der Waals surface area contributed by atoms with Crippen LogP contribution in [0, 0.1) is 0 Å². The molecule has 0 aliphatic rings. The van der Waals surface area contributed by atoms with E-state index in [0.717, 1.165) is 12.0 Å². The summed E-state index contributed by atoms with van der Waals surface area (Å²) in [5, 5.41) is 2.68. The first kappa shape index (κ1) is 16.5. The first-order valence-electron chi connectivity index (χ1n) is 7.46. The molecule has 0 atom stereocenters. The van der Waals surface area contributed by atoms with Gasteiger partial charge in [-0.05, 0) is 35.8 Å². The smallest absolute Gasteiger partial charge is 0.331 e. The van der Waals surface area contributed by atoms with Crippen molar-refractivity contribution in [2.24, 2.45) is 0 Å². The van der Waals surface area contributed by atoms with E-state index < -0.39 is 5.97 Å². The lowest BCUT2D eigenvalue weighted by Crippen LogP contribution is -2.20. The molecule has 4 nitrogen and oxygen atoms in total. The lowest BCUT2D eigenvalue weighted by Gasteiger charge is -2.06. The van der Waals surface area contributed by atoms with E-state index in [0.29, 0.717) is 5.69 Å². The molecule has 23 heavy (non-hydrogen) atoms. The summed E-state index contributed by atoms with van der Waals surface area (Å²) in [5.74, 6) is -0.916. The predicted molar refractivity (Wildman–Crippen MR) is 90.9 cm³/mol. The van der Waals surface area contributed by atoms with Crippen molar-refractivity contribution in [3.63, 3.8) is 0 Å². The molecule has 0 unspecified atom stereocenters. The fourth-order valence-corrected chi connectivity index (χ4v) is 1.93. The summed E-state index contributed by atoms with van der Waals surface area (Å²) in [7, 11) is 0. The van der Waals surface area contributed by atoms with Crippen LogP contribution in [0.2, 0.25) is 0 Å². The van der Waals surface area contributed by atoms with Gasteiger partial charge in [0, 0.05) is 11.8 Å². The van der Waals surface area contributed by atoms with Crippen LogP contribution in [-0.2, 0) is 20.7 Å². The molecule has 0 spiro atoms. The molecular formula is C19H19NO3. The second-order valence-corrected chi connectivity index (χ2v) is 4.95. The van der Waals surface area contributed by atoms with Crippen LogP contribution < -0.4 is 5.32 Å². The Morgan fingerprint density at radius 1 is 1.04 bits per heavy atom. The Balaban J connectivity index is 1.77. The molecule has 0 aliphatic carbocycles. The zero-order valence-electron chi connectivity index (χ0n) is 13.0. The van der Waals surface area contributed by atoms with Crippen molar-refractivity contribution in [2.45, 2.75) is 13.3 Å². The van der Waals surface area contributed by atoms with Crippen molar-refractivity contribution in [1.82, 2.24) is 0 Å². The molecule has 1 amide bonds. The van der Waals surface area contributed by atoms with Crippen LogP contribution in [0.3, 0.4) is 0 Å². The maximum atomic E-state index is 11.7. The molecule has 0 fully saturated rings. The maximum absolute atomic E-state index is 11.7. The monoisotopic (exact) mass is 309 g/mol. The number of nitrogens with one attached hydrogen (secondary N) is 1. The zero-order chi connectivity index (χ0) is 16.5. The average molecular weight is 309 g/mol. The highest BCUT2D eigenvalue weighted by atomic mass is 16.5. The molecule has 2 aromatic rings. The molecular weight excluding hydrogens is 290 g/mol. The van der Waals surface area contributed by atoms with Crippen molar-refractivity contribution in [1.29, 1.82) is 0 Å². The highest BCUT2D eigenvalue weighted by Crippen LogP contribution is 2.09. The highest BCUT2D eigenvalue weighted by Gasteiger charge is 2.05. The van der Waals surface area contributed by atoms with Crippen LogP contribution in [0.15, 0.2) is 60.7 Å². The highest BCUT2D eigenvalue weighted by molar-refractivity contribution is 5.94. The van der Waals surface area contributed by atoms with E-state index in [4.69, 9.17) is 4.74 Å². The third-order valence-corrected chi connectivity index (χ3v) is 3.20. The molecule has 0 saturated carbocycles. The Labute approximate surface area is 135 Å². The van der Waals surface area contributed by atoms with Gasteiger partial charge in [-0.3, -0.25) is 4.79 Å². The van der Waals surface area contributed by atoms with Crippen LogP contribution >= 0.6 is 0 Å². The van der Waals surface area contributed by atoms with E-state index in [1.807, 2.05) is 54.6 Å². The fourth-order valence-electron chi connectivity index (χ4n) is 1.93. The zero-order valence-corrected chi connectivity index (χ0v) is 13.0. The number of hydrogen-bond donors (Lipinski definition) is 1. The topological polar surface area (TPSA) is 55.4 Å². The van der Waals surface area contributed by atoms with Crippen LogP contribution in [0.4, 0.5) is 5.69 Å². The number of amides is 1. The summed E-state index contributed by atoms with van der Waals surface area (Å²) in [6.07, 6.45) is 3.89. The van der Waals surface area contributed by atoms with Gasteiger partial charge in [0.15, 0.2) is 6.61 Å². The van der Waals surface area contributed by atoms with Crippen LogP contribution in [0.5, 0.6) is 0 Å². The number of anilines is 1. The van der Waals surface area contributed by atoms with E-state index in [2.05, 4.69) is 12.2 Å². The van der Waals surface area contributed by atoms with E-state index in [1.54, 1.807) is 6.08 Å². The van der Waals surface area contributed by atoms with Gasteiger partial charge in [-0.15, -0.1) is 0 Å². The van der Waals surface area contributed by atoms with Gasteiger partial charge < -0.3 is 10.1 Å². The minimum Gasteiger partial charge on any atom is -0.452 e. The lowest BCUT2D eigenvalue weighted by molar-refractivity contribution is -0.142. The van der Waals surface area contributed by atoms with Crippen LogP contribution in [-0.4, -0.2) is 18.5 Å². The Hall–Kier alpha value is -2.88. The molecule has 0 heterocycles. The first-order valence-corrected chi connectivity index (χ1v) is 7.46. The number of rotatable bonds is 6. The largest absolute Gasteiger partial charge is 0.452 e. The van der Waals surface area contributed by atoms with Crippen molar-refractivity contribution >= 4 is 23.6 Å². The summed E-state index contributed by atoms with van der Waals surface area (Å²) < 4.78 is 4.90. The number of carbonyl (C=O) groups is 2. The maximum Gasteiger partial charge on any atom is 0.331 e. The summed E-state index contributed by atoms with van der Waals surface area (Å²) in [4.78, 5) is 23.3. The SMILES string of the molecule is CCc1ccc(NC(=O)COC(=O)C=Cc2ccccc2)cc1. The van der Waals surface area contributed by atoms with Crippen LogP contribution in [0.1, 0.15) is 18.1 Å². The Kier molecular flexibility index (Phi) is 6.12. The predicted octanol–water partition coefficient (Wildman–Crippen LogP) is 3.44. The second kappa shape index (κ2) is 8.54. The third kappa shape index (κ3) is 5.79. The molecule has 2 rings (SSSR count). The van der Waals surface area contributed by atoms with Crippen LogP contribution in [0.25, 0.3) is 6.08 Å². The van der Waals surface area contributed by atoms with E-state index in [-0.39, 0.29) is 12.5 Å². The summed E-state index contributed by atoms with van der Waals surface area (Å²) >= 11 is 0. The molecule has 0 aliphatic heterocycles. The quantitative estimate of drug-likeness (QED) is 0.657. The lowest BCUT2D eigenvalue weighted by atomic mass is 10.1. The number of carbonyl (C=O) groups excluding carboxylic acids is 2. The minimum atomic E-state index is -0.551. The fraction of sp³-hybridized carbons (Fsp3) is 0.158. The number of esters is 1. The number of hydrogen-bond acceptors (Lipinski definition) is 3. The van der Waals surface area contributed by atoms with Gasteiger partial charge in [0.05, 0.1) is 0 Å². The van der Waals surface area contributed by atoms with E-state index in [9.17, 15) is 9.59 Å². The molecule has 2 aromatic carbocycles. The standard InChI is InChI=1S/C19H19NO3/c1-2-15-8-11-17(12-9-15)20-18(21)14-23-19(22)13-10-16-6-4-3-5-7-16/h3-13H,2,14H2,1H3,(H,20,21). The third-order valence-electron chi connectivity index (χ3n) is 3.20. The number of benzene rings is 2. The first-order chi connectivity index (χ1) is 11.2. The van der Waals surface area contributed by atoms with Gasteiger partial charge in [-0.1, -0.05) is 49.4 Å². The minimum absolute atomic E-state index is 0.312. The number of ether oxygens (including phenoxy) is 1. The molecule has 0 aromatic heterocycles. The van der Waals surface area contributed by atoms with Gasteiger partial charge >= 0.3 is 5.97 Å². The van der Waals surface area contributed by atoms with Gasteiger partial charge in [0.25, 0.3) is 5.91 Å². The van der Waals surface area contributed by atoms with Gasteiger partial charge in [0.1, 0.15) is 0 Å². The van der Waals surface area contributed by atoms with E-state index in [1.165, 1.54) is 11.6 Å². The Morgan fingerprint density at radius 2 is 1.74 bits per heavy atom. The summed E-state index contributed by atoms with van der Waals surface area (Å²) in [6, 6.07) is 16.9. The molecule has 1 N–H and O–H groups in total.